The molecule has 27 heavy (non-hydrogen) atoms. The predicted octanol–water partition coefficient (Wildman–Crippen LogP) is 3.46. The van der Waals surface area contributed by atoms with Gasteiger partial charge in [-0.2, -0.15) is 4.31 Å². The van der Waals surface area contributed by atoms with E-state index in [-0.39, 0.29) is 21.6 Å². The van der Waals surface area contributed by atoms with Crippen LogP contribution in [-0.2, 0) is 10.0 Å². The van der Waals surface area contributed by atoms with E-state index < -0.39 is 14.9 Å². The standard InChI is InChI=1S/C18H20ClN3O4S/c1-13-3-6-16(7-4-13)27(25,26)21-10-9-20(12-14(21)2)18-8-5-15(22(23)24)11-17(18)19/h3-8,11,14H,9-10,12H2,1-2H3/t14-/m0/s1. The van der Waals surface area contributed by atoms with Crippen LogP contribution in [0, 0.1) is 17.0 Å². The zero-order valence-corrected chi connectivity index (χ0v) is 16.6. The number of nitrogens with zero attached hydrogens (tertiary/aromatic N) is 3. The number of piperazine rings is 1. The molecule has 1 saturated heterocycles. The molecular weight excluding hydrogens is 390 g/mol. The van der Waals surface area contributed by atoms with Gasteiger partial charge in [0.15, 0.2) is 0 Å². The molecule has 0 aliphatic carbocycles. The number of non-ortho nitro benzene ring substituents is 1. The average molecular weight is 410 g/mol. The first-order chi connectivity index (χ1) is 12.7. The fourth-order valence-electron chi connectivity index (χ4n) is 3.23. The highest BCUT2D eigenvalue weighted by Crippen LogP contribution is 2.32. The fourth-order valence-corrected chi connectivity index (χ4v) is 5.14. The van der Waals surface area contributed by atoms with Gasteiger partial charge in [0.05, 0.1) is 20.5 Å². The van der Waals surface area contributed by atoms with E-state index in [0.29, 0.717) is 25.3 Å². The number of nitro groups is 1. The van der Waals surface area contributed by atoms with Crippen molar-refractivity contribution in [2.75, 3.05) is 24.5 Å². The van der Waals surface area contributed by atoms with Crippen molar-refractivity contribution in [3.8, 4) is 0 Å². The van der Waals surface area contributed by atoms with Crippen molar-refractivity contribution in [2.45, 2.75) is 24.8 Å². The van der Waals surface area contributed by atoms with Gasteiger partial charge in [-0.15, -0.1) is 0 Å². The summed E-state index contributed by atoms with van der Waals surface area (Å²) in [7, 11) is -3.58. The van der Waals surface area contributed by atoms with E-state index in [1.165, 1.54) is 16.4 Å². The Morgan fingerprint density at radius 3 is 2.37 bits per heavy atom. The molecule has 2 aromatic carbocycles. The van der Waals surface area contributed by atoms with E-state index in [1.54, 1.807) is 30.3 Å². The molecule has 0 aromatic heterocycles. The summed E-state index contributed by atoms with van der Waals surface area (Å²) in [5.74, 6) is 0. The number of aryl methyl sites for hydroxylation is 1. The summed E-state index contributed by atoms with van der Waals surface area (Å²) < 4.78 is 27.4. The summed E-state index contributed by atoms with van der Waals surface area (Å²) in [6.07, 6.45) is 0. The minimum absolute atomic E-state index is 0.0719. The van der Waals surface area contributed by atoms with Gasteiger partial charge in [-0.1, -0.05) is 29.3 Å². The normalized spacial score (nSPS) is 18.5. The van der Waals surface area contributed by atoms with Crippen LogP contribution in [0.15, 0.2) is 47.4 Å². The Hall–Kier alpha value is -2.16. The van der Waals surface area contributed by atoms with Crippen LogP contribution in [0.2, 0.25) is 5.02 Å². The molecule has 0 unspecified atom stereocenters. The average Bonchev–Trinajstić information content (AvgIpc) is 2.61. The van der Waals surface area contributed by atoms with Crippen LogP contribution in [0.1, 0.15) is 12.5 Å². The van der Waals surface area contributed by atoms with Crippen LogP contribution >= 0.6 is 11.6 Å². The topological polar surface area (TPSA) is 83.8 Å². The highest BCUT2D eigenvalue weighted by molar-refractivity contribution is 7.89. The minimum Gasteiger partial charge on any atom is -0.367 e. The van der Waals surface area contributed by atoms with Gasteiger partial charge < -0.3 is 4.90 Å². The van der Waals surface area contributed by atoms with Crippen LogP contribution in [0.3, 0.4) is 0 Å². The number of nitro benzene ring substituents is 1. The van der Waals surface area contributed by atoms with Crippen LogP contribution < -0.4 is 4.90 Å². The van der Waals surface area contributed by atoms with E-state index in [2.05, 4.69) is 0 Å². The first kappa shape index (κ1) is 19.6. The number of hydrogen-bond acceptors (Lipinski definition) is 5. The first-order valence-corrected chi connectivity index (χ1v) is 10.3. The molecule has 0 spiro atoms. The fraction of sp³-hybridized carbons (Fsp3) is 0.333. The maximum absolute atomic E-state index is 12.9. The summed E-state index contributed by atoms with van der Waals surface area (Å²) in [4.78, 5) is 12.6. The SMILES string of the molecule is Cc1ccc(S(=O)(=O)N2CCN(c3ccc([N+](=O)[O-])cc3Cl)C[C@@H]2C)cc1. The van der Waals surface area contributed by atoms with Crippen molar-refractivity contribution in [3.63, 3.8) is 0 Å². The number of anilines is 1. The zero-order chi connectivity index (χ0) is 19.8. The highest BCUT2D eigenvalue weighted by atomic mass is 35.5. The summed E-state index contributed by atoms with van der Waals surface area (Å²) >= 11 is 6.21. The number of sulfonamides is 1. The Morgan fingerprint density at radius 1 is 1.15 bits per heavy atom. The maximum atomic E-state index is 12.9. The lowest BCUT2D eigenvalue weighted by atomic mass is 10.2. The quantitative estimate of drug-likeness (QED) is 0.570. The van der Waals surface area contributed by atoms with Crippen LogP contribution in [0.25, 0.3) is 0 Å². The monoisotopic (exact) mass is 409 g/mol. The summed E-state index contributed by atoms with van der Waals surface area (Å²) in [6.45, 7) is 4.96. The Bertz CT molecular complexity index is 963. The van der Waals surface area contributed by atoms with Gasteiger partial charge in [-0.25, -0.2) is 8.42 Å². The van der Waals surface area contributed by atoms with E-state index >= 15 is 0 Å². The summed E-state index contributed by atoms with van der Waals surface area (Å²) in [6, 6.07) is 10.9. The van der Waals surface area contributed by atoms with Crippen molar-refractivity contribution in [1.29, 1.82) is 0 Å². The molecule has 0 saturated carbocycles. The molecule has 0 radical (unpaired) electrons. The number of hydrogen-bond donors (Lipinski definition) is 0. The second-order valence-electron chi connectivity index (χ2n) is 6.62. The second kappa shape index (κ2) is 7.46. The van der Waals surface area contributed by atoms with Gasteiger partial charge >= 0.3 is 0 Å². The van der Waals surface area contributed by atoms with E-state index in [4.69, 9.17) is 11.6 Å². The van der Waals surface area contributed by atoms with Gasteiger partial charge in [0, 0.05) is 37.8 Å². The molecule has 0 amide bonds. The zero-order valence-electron chi connectivity index (χ0n) is 15.0. The lowest BCUT2D eigenvalue weighted by Gasteiger charge is -2.40. The van der Waals surface area contributed by atoms with Crippen LogP contribution in [-0.4, -0.2) is 43.3 Å². The predicted molar refractivity (Wildman–Crippen MR) is 105 cm³/mol. The number of halogens is 1. The van der Waals surface area contributed by atoms with E-state index in [1.807, 2.05) is 18.7 Å². The van der Waals surface area contributed by atoms with Crippen LogP contribution in [0.4, 0.5) is 11.4 Å². The maximum Gasteiger partial charge on any atom is 0.271 e. The Kier molecular flexibility index (Phi) is 5.41. The van der Waals surface area contributed by atoms with E-state index in [0.717, 1.165) is 5.56 Å². The van der Waals surface area contributed by atoms with Crippen molar-refractivity contribution in [3.05, 3.63) is 63.2 Å². The molecule has 144 valence electrons. The molecular formula is C18H20ClN3O4S. The van der Waals surface area contributed by atoms with Gasteiger partial charge in [-0.05, 0) is 32.0 Å². The molecule has 1 atom stereocenters. The molecule has 0 bridgehead atoms. The third-order valence-corrected chi connectivity index (χ3v) is 7.01. The smallest absolute Gasteiger partial charge is 0.271 e. The summed E-state index contributed by atoms with van der Waals surface area (Å²) in [5.41, 5.74) is 1.60. The lowest BCUT2D eigenvalue weighted by Crippen LogP contribution is -2.54. The van der Waals surface area contributed by atoms with Crippen molar-refractivity contribution in [1.82, 2.24) is 4.31 Å². The Labute approximate surface area is 163 Å². The van der Waals surface area contributed by atoms with Crippen molar-refractivity contribution < 1.29 is 13.3 Å². The number of rotatable bonds is 4. The summed E-state index contributed by atoms with van der Waals surface area (Å²) in [5, 5.41) is 11.1. The first-order valence-electron chi connectivity index (χ1n) is 8.47. The Morgan fingerprint density at radius 2 is 1.81 bits per heavy atom. The molecule has 1 fully saturated rings. The third kappa shape index (κ3) is 3.92. The third-order valence-electron chi connectivity index (χ3n) is 4.68. The molecule has 2 aromatic rings. The van der Waals surface area contributed by atoms with Gasteiger partial charge in [-0.3, -0.25) is 10.1 Å². The molecule has 0 N–H and O–H groups in total. The van der Waals surface area contributed by atoms with Gasteiger partial charge in [0.25, 0.3) is 5.69 Å². The Balaban J connectivity index is 1.80. The molecule has 1 aliphatic rings. The second-order valence-corrected chi connectivity index (χ2v) is 8.91. The molecule has 9 heteroatoms. The van der Waals surface area contributed by atoms with Crippen LogP contribution in [0.5, 0.6) is 0 Å². The molecule has 7 nitrogen and oxygen atoms in total. The van der Waals surface area contributed by atoms with Gasteiger partial charge in [0.1, 0.15) is 0 Å². The van der Waals surface area contributed by atoms with Crippen molar-refractivity contribution >= 4 is 33.0 Å². The van der Waals surface area contributed by atoms with E-state index in [9.17, 15) is 18.5 Å². The number of benzene rings is 2. The largest absolute Gasteiger partial charge is 0.367 e. The molecule has 3 rings (SSSR count). The van der Waals surface area contributed by atoms with Crippen molar-refractivity contribution in [2.24, 2.45) is 0 Å². The minimum atomic E-state index is -3.58. The lowest BCUT2D eigenvalue weighted by molar-refractivity contribution is -0.384. The molecule has 1 aliphatic heterocycles. The highest BCUT2D eigenvalue weighted by Gasteiger charge is 2.34. The van der Waals surface area contributed by atoms with Gasteiger partial charge in [0.2, 0.25) is 10.0 Å². The molecule has 1 heterocycles.